The van der Waals surface area contributed by atoms with E-state index in [4.69, 9.17) is 0 Å². The van der Waals surface area contributed by atoms with E-state index in [2.05, 4.69) is 15.1 Å². The van der Waals surface area contributed by atoms with Crippen LogP contribution in [0.2, 0.25) is 0 Å². The van der Waals surface area contributed by atoms with Gasteiger partial charge in [-0.1, -0.05) is 6.92 Å². The minimum Gasteiger partial charge on any atom is -0.307 e. The molecule has 0 saturated heterocycles. The second-order valence-electron chi connectivity index (χ2n) is 3.08. The lowest BCUT2D eigenvalue weighted by Crippen LogP contribution is -2.30. The number of fused-ring (bicyclic) bond motifs is 1. The van der Waals surface area contributed by atoms with Crippen molar-refractivity contribution >= 4 is 10.2 Å². The molecule has 1 aliphatic rings. The van der Waals surface area contributed by atoms with Gasteiger partial charge in [0.25, 0.3) is 0 Å². The molecule has 0 atom stereocenters. The maximum Gasteiger partial charge on any atom is 0.320 e. The van der Waals surface area contributed by atoms with E-state index in [1.54, 1.807) is 13.1 Å². The minimum absolute atomic E-state index is 0.366. The standard InChI is InChI=1S/C7H12N4O2S/c1-2-9-14(12,13)11-5-6-3-8-4-7(6)10-11/h5,8-9H,2-4H2,1H3. The highest BCUT2D eigenvalue weighted by atomic mass is 32.2. The van der Waals surface area contributed by atoms with Crippen LogP contribution in [0.3, 0.4) is 0 Å². The van der Waals surface area contributed by atoms with Crippen LogP contribution in [0, 0.1) is 0 Å². The van der Waals surface area contributed by atoms with Crippen LogP contribution in [-0.2, 0) is 23.3 Å². The molecule has 78 valence electrons. The largest absolute Gasteiger partial charge is 0.320 e. The van der Waals surface area contributed by atoms with Gasteiger partial charge in [0.1, 0.15) is 0 Å². The maximum absolute atomic E-state index is 11.5. The fraction of sp³-hybridized carbons (Fsp3) is 0.571. The molecule has 6 nitrogen and oxygen atoms in total. The molecule has 1 aromatic heterocycles. The molecule has 0 saturated carbocycles. The average Bonchev–Trinajstić information content (AvgIpc) is 2.60. The average molecular weight is 216 g/mol. The monoisotopic (exact) mass is 216 g/mol. The van der Waals surface area contributed by atoms with Gasteiger partial charge in [0.2, 0.25) is 0 Å². The quantitative estimate of drug-likeness (QED) is 0.693. The first-order valence-electron chi connectivity index (χ1n) is 4.42. The van der Waals surface area contributed by atoms with Gasteiger partial charge >= 0.3 is 10.2 Å². The maximum atomic E-state index is 11.5. The van der Waals surface area contributed by atoms with Crippen LogP contribution in [0.4, 0.5) is 0 Å². The fourth-order valence-electron chi connectivity index (χ4n) is 1.40. The van der Waals surface area contributed by atoms with Gasteiger partial charge in [-0.15, -0.1) is 0 Å². The third-order valence-corrected chi connectivity index (χ3v) is 3.37. The molecule has 2 N–H and O–H groups in total. The van der Waals surface area contributed by atoms with Crippen molar-refractivity contribution in [2.45, 2.75) is 20.0 Å². The van der Waals surface area contributed by atoms with Crippen LogP contribution in [0.25, 0.3) is 0 Å². The molecule has 1 aromatic rings. The molecule has 2 heterocycles. The van der Waals surface area contributed by atoms with E-state index < -0.39 is 10.2 Å². The lowest BCUT2D eigenvalue weighted by Gasteiger charge is -2.03. The van der Waals surface area contributed by atoms with Crippen LogP contribution >= 0.6 is 0 Å². The van der Waals surface area contributed by atoms with Crippen molar-refractivity contribution in [1.82, 2.24) is 19.2 Å². The Bertz CT molecular complexity index is 415. The van der Waals surface area contributed by atoms with Gasteiger partial charge in [0.15, 0.2) is 0 Å². The van der Waals surface area contributed by atoms with Gasteiger partial charge < -0.3 is 5.32 Å². The zero-order chi connectivity index (χ0) is 10.2. The molecule has 7 heteroatoms. The summed E-state index contributed by atoms with van der Waals surface area (Å²) in [5, 5.41) is 7.07. The third-order valence-electron chi connectivity index (χ3n) is 2.04. The Balaban J connectivity index is 2.34. The fourth-order valence-corrected chi connectivity index (χ4v) is 2.37. The van der Waals surface area contributed by atoms with E-state index >= 15 is 0 Å². The van der Waals surface area contributed by atoms with Crippen molar-refractivity contribution in [3.8, 4) is 0 Å². The van der Waals surface area contributed by atoms with Crippen LogP contribution in [0.5, 0.6) is 0 Å². The van der Waals surface area contributed by atoms with Crippen LogP contribution in [-0.4, -0.2) is 24.1 Å². The Labute approximate surface area is 82.5 Å². The highest BCUT2D eigenvalue weighted by Gasteiger charge is 2.19. The molecule has 0 aliphatic carbocycles. The van der Waals surface area contributed by atoms with Crippen molar-refractivity contribution in [1.29, 1.82) is 0 Å². The third kappa shape index (κ3) is 1.54. The van der Waals surface area contributed by atoms with Gasteiger partial charge in [0.05, 0.1) is 5.69 Å². The van der Waals surface area contributed by atoms with E-state index in [-0.39, 0.29) is 0 Å². The van der Waals surface area contributed by atoms with Crippen molar-refractivity contribution in [2.75, 3.05) is 6.54 Å². The Morgan fingerprint density at radius 3 is 3.07 bits per heavy atom. The van der Waals surface area contributed by atoms with Crippen molar-refractivity contribution in [3.05, 3.63) is 17.5 Å². The molecule has 0 radical (unpaired) electrons. The van der Waals surface area contributed by atoms with Crippen molar-refractivity contribution in [2.24, 2.45) is 0 Å². The molecule has 1 aliphatic heterocycles. The molecular weight excluding hydrogens is 204 g/mol. The van der Waals surface area contributed by atoms with E-state index in [1.165, 1.54) is 0 Å². The summed E-state index contributed by atoms with van der Waals surface area (Å²) in [5.74, 6) is 0. The lowest BCUT2D eigenvalue weighted by atomic mass is 10.3. The number of rotatable bonds is 3. The number of nitrogens with zero attached hydrogens (tertiary/aromatic N) is 2. The summed E-state index contributed by atoms with van der Waals surface area (Å²) in [6, 6.07) is 0. The van der Waals surface area contributed by atoms with Gasteiger partial charge in [0, 0.05) is 31.4 Å². The molecule has 0 spiro atoms. The SMILES string of the molecule is CCNS(=O)(=O)n1cc2c(n1)CNC2. The van der Waals surface area contributed by atoms with E-state index in [9.17, 15) is 8.42 Å². The van der Waals surface area contributed by atoms with Gasteiger partial charge in [-0.3, -0.25) is 0 Å². The zero-order valence-corrected chi connectivity index (χ0v) is 8.63. The minimum atomic E-state index is -3.46. The van der Waals surface area contributed by atoms with Crippen LogP contribution in [0.15, 0.2) is 6.20 Å². The predicted octanol–water partition coefficient (Wildman–Crippen LogP) is -0.811. The molecule has 0 aromatic carbocycles. The zero-order valence-electron chi connectivity index (χ0n) is 7.82. The summed E-state index contributed by atoms with van der Waals surface area (Å²) < 4.78 is 26.4. The normalized spacial score (nSPS) is 15.8. The lowest BCUT2D eigenvalue weighted by molar-refractivity contribution is 0.565. The van der Waals surface area contributed by atoms with Gasteiger partial charge in [-0.2, -0.15) is 22.3 Å². The smallest absolute Gasteiger partial charge is 0.307 e. The Kier molecular flexibility index (Phi) is 2.30. The van der Waals surface area contributed by atoms with Gasteiger partial charge in [-0.05, 0) is 0 Å². The highest BCUT2D eigenvalue weighted by Crippen LogP contribution is 2.13. The molecule has 14 heavy (non-hydrogen) atoms. The van der Waals surface area contributed by atoms with E-state index in [0.717, 1.165) is 15.3 Å². The summed E-state index contributed by atoms with van der Waals surface area (Å²) in [7, 11) is -3.46. The van der Waals surface area contributed by atoms with Gasteiger partial charge in [-0.25, -0.2) is 0 Å². The van der Waals surface area contributed by atoms with Crippen LogP contribution < -0.4 is 10.0 Å². The Morgan fingerprint density at radius 2 is 2.43 bits per heavy atom. The highest BCUT2D eigenvalue weighted by molar-refractivity contribution is 7.87. The summed E-state index contributed by atoms with van der Waals surface area (Å²) >= 11 is 0. The van der Waals surface area contributed by atoms with Crippen molar-refractivity contribution < 1.29 is 8.42 Å². The predicted molar refractivity (Wildman–Crippen MR) is 50.8 cm³/mol. The molecule has 0 amide bonds. The molecular formula is C7H12N4O2S. The summed E-state index contributed by atoms with van der Waals surface area (Å²) in [6.45, 7) is 3.43. The number of nitrogens with one attached hydrogen (secondary N) is 2. The first-order valence-corrected chi connectivity index (χ1v) is 5.86. The Hall–Kier alpha value is -0.920. The Morgan fingerprint density at radius 1 is 1.64 bits per heavy atom. The van der Waals surface area contributed by atoms with E-state index in [1.807, 2.05) is 0 Å². The summed E-state index contributed by atoms with van der Waals surface area (Å²) in [6.07, 6.45) is 1.55. The van der Waals surface area contributed by atoms with Crippen LogP contribution in [0.1, 0.15) is 18.2 Å². The summed E-state index contributed by atoms with van der Waals surface area (Å²) in [5.41, 5.74) is 1.76. The first-order chi connectivity index (χ1) is 6.63. The first kappa shape index (κ1) is 9.63. The number of hydrogen-bond acceptors (Lipinski definition) is 4. The van der Waals surface area contributed by atoms with E-state index in [0.29, 0.717) is 19.6 Å². The molecule has 0 fully saturated rings. The summed E-state index contributed by atoms with van der Waals surface area (Å²) in [4.78, 5) is 0. The number of hydrogen-bond donors (Lipinski definition) is 2. The molecule has 0 unspecified atom stereocenters. The number of aromatic nitrogens is 2. The second-order valence-corrected chi connectivity index (χ2v) is 4.69. The molecule has 2 rings (SSSR count). The topological polar surface area (TPSA) is 76.0 Å². The second kappa shape index (κ2) is 3.34. The van der Waals surface area contributed by atoms with Crippen molar-refractivity contribution in [3.63, 3.8) is 0 Å². The molecule has 0 bridgehead atoms.